The van der Waals surface area contributed by atoms with E-state index < -0.39 is 11.9 Å². The van der Waals surface area contributed by atoms with Crippen LogP contribution in [0.2, 0.25) is 0 Å². The van der Waals surface area contributed by atoms with Gasteiger partial charge in [0.2, 0.25) is 5.95 Å². The summed E-state index contributed by atoms with van der Waals surface area (Å²) in [6.45, 7) is 0.202. The van der Waals surface area contributed by atoms with Crippen molar-refractivity contribution >= 4 is 33.3 Å². The van der Waals surface area contributed by atoms with E-state index in [2.05, 4.69) is 36.2 Å². The Kier molecular flexibility index (Phi) is 4.55. The van der Waals surface area contributed by atoms with E-state index in [4.69, 9.17) is 0 Å². The smallest absolute Gasteiger partial charge is 0.363 e. The number of pyridine rings is 1. The Labute approximate surface area is 149 Å². The first kappa shape index (κ1) is 17.5. The molecule has 0 saturated heterocycles. The molecule has 0 amide bonds. The average molecular weight is 415 g/mol. The summed E-state index contributed by atoms with van der Waals surface area (Å²) in [5.41, 5.74) is 0.400. The molecule has 3 rings (SSSR count). The van der Waals surface area contributed by atoms with Gasteiger partial charge in [-0.25, -0.2) is 9.97 Å². The van der Waals surface area contributed by atoms with Crippen molar-refractivity contribution in [3.8, 4) is 0 Å². The Balaban J connectivity index is 1.84. The maximum absolute atomic E-state index is 13.0. The second-order valence-corrected chi connectivity index (χ2v) is 6.44. The third kappa shape index (κ3) is 4.01. The van der Waals surface area contributed by atoms with E-state index >= 15 is 0 Å². The molecule has 0 atom stereocenters. The third-order valence-corrected chi connectivity index (χ3v) is 3.82. The topological polar surface area (TPSA) is 58.4 Å². The van der Waals surface area contributed by atoms with Gasteiger partial charge in [0.25, 0.3) is 0 Å². The zero-order valence-corrected chi connectivity index (χ0v) is 14.9. The standard InChI is InChI=1S/C15H14BrF3N6/c1-24(2)13-5-11(15(17,18)19)22-14(23-13)20-6-10-8-25-7-9(16)3-4-12(25)21-10/h3-5,7-8H,6H2,1-2H3,(H,20,22,23). The molecule has 6 nitrogen and oxygen atoms in total. The molecule has 3 aromatic heterocycles. The fraction of sp³-hybridized carbons (Fsp3) is 0.267. The molecule has 1 N–H and O–H groups in total. The predicted molar refractivity (Wildman–Crippen MR) is 91.6 cm³/mol. The molecular formula is C15H14BrF3N6. The Morgan fingerprint density at radius 3 is 2.60 bits per heavy atom. The van der Waals surface area contributed by atoms with Gasteiger partial charge in [0.15, 0.2) is 5.69 Å². The number of nitrogens with zero attached hydrogens (tertiary/aromatic N) is 5. The molecule has 3 heterocycles. The highest BCUT2D eigenvalue weighted by Crippen LogP contribution is 2.30. The van der Waals surface area contributed by atoms with Gasteiger partial charge >= 0.3 is 6.18 Å². The number of anilines is 2. The quantitative estimate of drug-likeness (QED) is 0.706. The minimum Gasteiger partial charge on any atom is -0.363 e. The lowest BCUT2D eigenvalue weighted by atomic mass is 10.3. The highest BCUT2D eigenvalue weighted by molar-refractivity contribution is 9.10. The lowest BCUT2D eigenvalue weighted by molar-refractivity contribution is -0.141. The first-order valence-corrected chi connectivity index (χ1v) is 8.02. The van der Waals surface area contributed by atoms with Crippen LogP contribution in [0.15, 0.2) is 35.1 Å². The SMILES string of the molecule is CN(C)c1cc(C(F)(F)F)nc(NCc2cn3cc(Br)ccc3n2)n1. The molecule has 0 radical (unpaired) electrons. The van der Waals surface area contributed by atoms with Crippen molar-refractivity contribution in [1.82, 2.24) is 19.4 Å². The summed E-state index contributed by atoms with van der Waals surface area (Å²) >= 11 is 3.37. The number of halogens is 4. The van der Waals surface area contributed by atoms with Crippen LogP contribution in [0.1, 0.15) is 11.4 Å². The van der Waals surface area contributed by atoms with Crippen molar-refractivity contribution in [3.63, 3.8) is 0 Å². The Morgan fingerprint density at radius 1 is 1.16 bits per heavy atom. The van der Waals surface area contributed by atoms with Crippen LogP contribution in [0.25, 0.3) is 5.65 Å². The van der Waals surface area contributed by atoms with Crippen LogP contribution in [0, 0.1) is 0 Å². The van der Waals surface area contributed by atoms with Gasteiger partial charge in [-0.05, 0) is 28.1 Å². The second kappa shape index (κ2) is 6.51. The van der Waals surface area contributed by atoms with E-state index in [0.717, 1.165) is 16.2 Å². The molecule has 0 aromatic carbocycles. The van der Waals surface area contributed by atoms with Gasteiger partial charge in [-0.15, -0.1) is 0 Å². The maximum atomic E-state index is 13.0. The highest BCUT2D eigenvalue weighted by Gasteiger charge is 2.34. The minimum absolute atomic E-state index is 0.100. The third-order valence-electron chi connectivity index (χ3n) is 3.35. The molecular weight excluding hydrogens is 401 g/mol. The second-order valence-electron chi connectivity index (χ2n) is 5.53. The molecule has 0 aliphatic carbocycles. The maximum Gasteiger partial charge on any atom is 0.433 e. The van der Waals surface area contributed by atoms with E-state index in [1.165, 1.54) is 4.90 Å². The van der Waals surface area contributed by atoms with Gasteiger partial charge in [-0.3, -0.25) is 0 Å². The van der Waals surface area contributed by atoms with Crippen LogP contribution in [-0.2, 0) is 12.7 Å². The van der Waals surface area contributed by atoms with Gasteiger partial charge in [-0.1, -0.05) is 0 Å². The fourth-order valence-corrected chi connectivity index (χ4v) is 2.51. The van der Waals surface area contributed by atoms with Gasteiger partial charge < -0.3 is 14.6 Å². The van der Waals surface area contributed by atoms with Crippen LogP contribution in [0.4, 0.5) is 24.9 Å². The van der Waals surface area contributed by atoms with Crippen molar-refractivity contribution in [2.24, 2.45) is 0 Å². The van der Waals surface area contributed by atoms with Crippen LogP contribution in [0.5, 0.6) is 0 Å². The number of imidazole rings is 1. The van der Waals surface area contributed by atoms with Crippen molar-refractivity contribution in [2.45, 2.75) is 12.7 Å². The van der Waals surface area contributed by atoms with Crippen molar-refractivity contribution < 1.29 is 13.2 Å². The molecule has 0 spiro atoms. The zero-order chi connectivity index (χ0) is 18.2. The van der Waals surface area contributed by atoms with Crippen LogP contribution in [0.3, 0.4) is 0 Å². The monoisotopic (exact) mass is 414 g/mol. The summed E-state index contributed by atoms with van der Waals surface area (Å²) in [7, 11) is 3.23. The van der Waals surface area contributed by atoms with Gasteiger partial charge in [0, 0.05) is 37.0 Å². The Hall–Kier alpha value is -2.36. The van der Waals surface area contributed by atoms with E-state index in [-0.39, 0.29) is 18.3 Å². The largest absolute Gasteiger partial charge is 0.433 e. The highest BCUT2D eigenvalue weighted by atomic mass is 79.9. The van der Waals surface area contributed by atoms with Crippen LogP contribution >= 0.6 is 15.9 Å². The molecule has 25 heavy (non-hydrogen) atoms. The number of fused-ring (bicyclic) bond motifs is 1. The lowest BCUT2D eigenvalue weighted by Crippen LogP contribution is -2.17. The average Bonchev–Trinajstić information content (AvgIpc) is 2.93. The van der Waals surface area contributed by atoms with Crippen molar-refractivity contribution in [1.29, 1.82) is 0 Å². The van der Waals surface area contributed by atoms with Gasteiger partial charge in [-0.2, -0.15) is 18.2 Å². The normalized spacial score (nSPS) is 11.8. The summed E-state index contributed by atoms with van der Waals surface area (Å²) in [6, 6.07) is 4.60. The number of hydrogen-bond donors (Lipinski definition) is 1. The van der Waals surface area contributed by atoms with E-state index in [1.54, 1.807) is 20.3 Å². The number of nitrogens with one attached hydrogen (secondary N) is 1. The van der Waals surface area contributed by atoms with Crippen LogP contribution in [-0.4, -0.2) is 33.4 Å². The number of hydrogen-bond acceptors (Lipinski definition) is 5. The molecule has 0 fully saturated rings. The number of aromatic nitrogens is 4. The van der Waals surface area contributed by atoms with Gasteiger partial charge in [0.1, 0.15) is 11.5 Å². The molecule has 0 unspecified atom stereocenters. The summed E-state index contributed by atoms with van der Waals surface area (Å²) in [6.07, 6.45) is -0.913. The molecule has 3 aromatic rings. The molecule has 0 aliphatic heterocycles. The molecule has 0 aliphatic rings. The Morgan fingerprint density at radius 2 is 1.92 bits per heavy atom. The predicted octanol–water partition coefficient (Wildman–Crippen LogP) is 3.58. The zero-order valence-electron chi connectivity index (χ0n) is 13.3. The first-order valence-electron chi connectivity index (χ1n) is 7.23. The minimum atomic E-state index is -4.54. The van der Waals surface area contributed by atoms with E-state index in [1.807, 2.05) is 22.7 Å². The molecule has 0 bridgehead atoms. The van der Waals surface area contributed by atoms with E-state index in [9.17, 15) is 13.2 Å². The molecule has 132 valence electrons. The summed E-state index contributed by atoms with van der Waals surface area (Å²) < 4.78 is 41.7. The van der Waals surface area contributed by atoms with Crippen molar-refractivity contribution in [3.05, 3.63) is 46.5 Å². The van der Waals surface area contributed by atoms with Crippen LogP contribution < -0.4 is 10.2 Å². The van der Waals surface area contributed by atoms with E-state index in [0.29, 0.717) is 5.69 Å². The number of alkyl halides is 3. The Bertz CT molecular complexity index is 906. The summed E-state index contributed by atoms with van der Waals surface area (Å²) in [5.74, 6) is 0.0699. The summed E-state index contributed by atoms with van der Waals surface area (Å²) in [5, 5.41) is 2.81. The number of rotatable bonds is 4. The molecule has 0 saturated carbocycles. The van der Waals surface area contributed by atoms with Crippen molar-refractivity contribution in [2.75, 3.05) is 24.3 Å². The molecule has 10 heteroatoms. The lowest BCUT2D eigenvalue weighted by Gasteiger charge is -2.15. The summed E-state index contributed by atoms with van der Waals surface area (Å²) in [4.78, 5) is 13.5. The van der Waals surface area contributed by atoms with Gasteiger partial charge in [0.05, 0.1) is 12.2 Å². The fourth-order valence-electron chi connectivity index (χ4n) is 2.16. The first-order chi connectivity index (χ1) is 11.7.